The standard InChI is InChI=1S/C30H36ClN5O3/c1-3-5-8-17-26-29(38)33(20-24-15-11-12-16-25(24)31)21-27-35(26)28(37)22-34(18-6-4-2)36(27)30(39)32-19-23-13-9-7-10-14-23/h7,9-16,26-27H,3,5,8,17-22H2,1-2H3,(H,32,39)/t26-,27-/m0/s1. The van der Waals surface area contributed by atoms with Crippen molar-refractivity contribution in [3.05, 3.63) is 70.7 Å². The summed E-state index contributed by atoms with van der Waals surface area (Å²) >= 11 is 6.45. The molecule has 4 rings (SSSR count). The zero-order valence-corrected chi connectivity index (χ0v) is 23.4. The predicted octanol–water partition coefficient (Wildman–Crippen LogP) is 4.25. The zero-order chi connectivity index (χ0) is 27.8. The van der Waals surface area contributed by atoms with Crippen LogP contribution in [0.1, 0.15) is 50.7 Å². The third kappa shape index (κ3) is 6.73. The van der Waals surface area contributed by atoms with E-state index in [2.05, 4.69) is 24.1 Å². The minimum atomic E-state index is -0.660. The molecule has 0 bridgehead atoms. The highest BCUT2D eigenvalue weighted by molar-refractivity contribution is 6.31. The molecule has 2 saturated heterocycles. The van der Waals surface area contributed by atoms with E-state index in [0.717, 1.165) is 30.4 Å². The van der Waals surface area contributed by atoms with E-state index in [4.69, 9.17) is 11.6 Å². The number of carbonyl (C=O) groups excluding carboxylic acids is 3. The van der Waals surface area contributed by atoms with Crippen LogP contribution in [0, 0.1) is 11.8 Å². The number of nitrogens with zero attached hydrogens (tertiary/aromatic N) is 4. The molecule has 0 unspecified atom stereocenters. The van der Waals surface area contributed by atoms with Crippen LogP contribution in [0.5, 0.6) is 0 Å². The largest absolute Gasteiger partial charge is 0.334 e. The molecule has 4 amide bonds. The first-order valence-electron chi connectivity index (χ1n) is 13.5. The number of rotatable bonds is 9. The summed E-state index contributed by atoms with van der Waals surface area (Å²) in [5.74, 6) is 5.58. The maximum atomic E-state index is 13.8. The van der Waals surface area contributed by atoms with Gasteiger partial charge in [-0.25, -0.2) is 9.80 Å². The molecule has 2 fully saturated rings. The second-order valence-corrected chi connectivity index (χ2v) is 10.2. The number of carbonyl (C=O) groups is 3. The van der Waals surface area contributed by atoms with Crippen molar-refractivity contribution in [2.75, 3.05) is 19.6 Å². The fourth-order valence-corrected chi connectivity index (χ4v) is 5.39. The van der Waals surface area contributed by atoms with Crippen molar-refractivity contribution in [2.24, 2.45) is 0 Å². The summed E-state index contributed by atoms with van der Waals surface area (Å²) in [5, 5.41) is 6.86. The van der Waals surface area contributed by atoms with E-state index in [1.54, 1.807) is 32.8 Å². The molecule has 0 aliphatic carbocycles. The lowest BCUT2D eigenvalue weighted by Gasteiger charge is -2.55. The summed E-state index contributed by atoms with van der Waals surface area (Å²) in [6.45, 7) is 4.85. The molecule has 0 saturated carbocycles. The smallest absolute Gasteiger partial charge is 0.333 e. The number of nitrogens with one attached hydrogen (secondary N) is 1. The zero-order valence-electron chi connectivity index (χ0n) is 22.6. The van der Waals surface area contributed by atoms with Crippen LogP contribution in [0.15, 0.2) is 54.6 Å². The fourth-order valence-electron chi connectivity index (χ4n) is 5.20. The molecule has 0 spiro atoms. The van der Waals surface area contributed by atoms with Crippen LogP contribution >= 0.6 is 11.6 Å². The number of fused-ring (bicyclic) bond motifs is 1. The van der Waals surface area contributed by atoms with Gasteiger partial charge in [-0.2, -0.15) is 5.01 Å². The molecule has 8 nitrogen and oxygen atoms in total. The Morgan fingerprint density at radius 2 is 1.82 bits per heavy atom. The summed E-state index contributed by atoms with van der Waals surface area (Å²) < 4.78 is 0. The van der Waals surface area contributed by atoms with Gasteiger partial charge in [-0.05, 0) is 30.5 Å². The van der Waals surface area contributed by atoms with E-state index in [-0.39, 0.29) is 37.5 Å². The van der Waals surface area contributed by atoms with Crippen LogP contribution < -0.4 is 5.32 Å². The topological polar surface area (TPSA) is 76.2 Å². The number of hydrogen-bond donors (Lipinski definition) is 1. The Labute approximate surface area is 235 Å². The molecule has 9 heteroatoms. The lowest BCUT2D eigenvalue weighted by atomic mass is 9.99. The van der Waals surface area contributed by atoms with E-state index >= 15 is 0 Å². The number of unbranched alkanes of at least 4 members (excludes halogenated alkanes) is 2. The Hall–Kier alpha value is -3.54. The highest BCUT2D eigenvalue weighted by Gasteiger charge is 2.51. The van der Waals surface area contributed by atoms with Gasteiger partial charge in [-0.15, -0.1) is 5.92 Å². The van der Waals surface area contributed by atoms with Crippen LogP contribution in [0.25, 0.3) is 0 Å². The number of benzene rings is 2. The highest BCUT2D eigenvalue weighted by Crippen LogP contribution is 2.30. The van der Waals surface area contributed by atoms with Crippen molar-refractivity contribution in [3.8, 4) is 11.8 Å². The fraction of sp³-hybridized carbons (Fsp3) is 0.433. The Kier molecular flexibility index (Phi) is 9.85. The van der Waals surface area contributed by atoms with Crippen LogP contribution in [0.2, 0.25) is 5.02 Å². The first-order chi connectivity index (χ1) is 18.9. The molecule has 2 aromatic rings. The van der Waals surface area contributed by atoms with Crippen molar-refractivity contribution in [1.29, 1.82) is 0 Å². The average Bonchev–Trinajstić information content (AvgIpc) is 2.94. The minimum Gasteiger partial charge on any atom is -0.333 e. The maximum absolute atomic E-state index is 13.8. The van der Waals surface area contributed by atoms with E-state index in [0.29, 0.717) is 24.5 Å². The van der Waals surface area contributed by atoms with Gasteiger partial charge in [0.05, 0.1) is 19.6 Å². The molecule has 39 heavy (non-hydrogen) atoms. The van der Waals surface area contributed by atoms with E-state index < -0.39 is 12.2 Å². The maximum Gasteiger partial charge on any atom is 0.334 e. The molecule has 2 atom stereocenters. The van der Waals surface area contributed by atoms with Crippen LogP contribution in [-0.4, -0.2) is 69.5 Å². The van der Waals surface area contributed by atoms with Gasteiger partial charge in [-0.3, -0.25) is 9.59 Å². The SMILES string of the molecule is CC#CCN1CC(=O)N2[C@@H](CCCCC)C(=O)N(Cc3ccccc3Cl)C[C@@H]2N1C(=O)NCc1ccccc1. The summed E-state index contributed by atoms with van der Waals surface area (Å²) in [7, 11) is 0. The lowest BCUT2D eigenvalue weighted by molar-refractivity contribution is -0.189. The second kappa shape index (κ2) is 13.5. The van der Waals surface area contributed by atoms with E-state index in [1.807, 2.05) is 48.5 Å². The van der Waals surface area contributed by atoms with Crippen molar-refractivity contribution in [3.63, 3.8) is 0 Å². The first kappa shape index (κ1) is 28.5. The Morgan fingerprint density at radius 3 is 2.54 bits per heavy atom. The summed E-state index contributed by atoms with van der Waals surface area (Å²) in [6, 6.07) is 16.1. The molecular weight excluding hydrogens is 514 g/mol. The second-order valence-electron chi connectivity index (χ2n) is 9.84. The van der Waals surface area contributed by atoms with Crippen molar-refractivity contribution in [2.45, 2.75) is 64.8 Å². The summed E-state index contributed by atoms with van der Waals surface area (Å²) in [6.07, 6.45) is 2.66. The van der Waals surface area contributed by atoms with Gasteiger partial charge in [0.1, 0.15) is 12.2 Å². The molecule has 0 aromatic heterocycles. The van der Waals surface area contributed by atoms with Crippen molar-refractivity contribution >= 4 is 29.4 Å². The number of piperazine rings is 1. The normalized spacial score (nSPS) is 19.4. The van der Waals surface area contributed by atoms with E-state index in [1.165, 1.54) is 0 Å². The van der Waals surface area contributed by atoms with Crippen LogP contribution in [0.4, 0.5) is 4.79 Å². The number of halogens is 1. The van der Waals surface area contributed by atoms with Gasteiger partial charge in [0.15, 0.2) is 0 Å². The molecule has 2 heterocycles. The average molecular weight is 550 g/mol. The number of hydrogen-bond acceptors (Lipinski definition) is 4. The predicted molar refractivity (Wildman–Crippen MR) is 151 cm³/mol. The van der Waals surface area contributed by atoms with Gasteiger partial charge in [-0.1, -0.05) is 92.2 Å². The Bertz CT molecular complexity index is 1230. The molecule has 0 radical (unpaired) electrons. The van der Waals surface area contributed by atoms with Gasteiger partial charge in [0.2, 0.25) is 11.8 Å². The van der Waals surface area contributed by atoms with Gasteiger partial charge in [0, 0.05) is 18.1 Å². The van der Waals surface area contributed by atoms with E-state index in [9.17, 15) is 14.4 Å². The molecule has 206 valence electrons. The third-order valence-corrected chi connectivity index (χ3v) is 7.53. The summed E-state index contributed by atoms with van der Waals surface area (Å²) in [5.41, 5.74) is 1.79. The Morgan fingerprint density at radius 1 is 1.08 bits per heavy atom. The molecule has 2 aliphatic rings. The molecule has 2 aliphatic heterocycles. The minimum absolute atomic E-state index is 0.0218. The third-order valence-electron chi connectivity index (χ3n) is 7.16. The first-order valence-corrected chi connectivity index (χ1v) is 13.9. The lowest BCUT2D eigenvalue weighted by Crippen LogP contribution is -2.76. The molecular formula is C30H36ClN5O3. The van der Waals surface area contributed by atoms with Crippen molar-refractivity contribution in [1.82, 2.24) is 25.1 Å². The van der Waals surface area contributed by atoms with Crippen LogP contribution in [-0.2, 0) is 22.7 Å². The monoisotopic (exact) mass is 549 g/mol. The van der Waals surface area contributed by atoms with Gasteiger partial charge < -0.3 is 15.1 Å². The number of urea groups is 1. The van der Waals surface area contributed by atoms with Gasteiger partial charge >= 0.3 is 6.03 Å². The quantitative estimate of drug-likeness (QED) is 0.375. The highest BCUT2D eigenvalue weighted by atomic mass is 35.5. The van der Waals surface area contributed by atoms with Gasteiger partial charge in [0.25, 0.3) is 0 Å². The van der Waals surface area contributed by atoms with Crippen LogP contribution in [0.3, 0.4) is 0 Å². The summed E-state index contributed by atoms with van der Waals surface area (Å²) in [4.78, 5) is 44.5. The molecule has 1 N–H and O–H groups in total. The number of hydrazine groups is 1. The number of amides is 4. The Balaban J connectivity index is 1.67. The molecule has 2 aromatic carbocycles. The van der Waals surface area contributed by atoms with Crippen molar-refractivity contribution < 1.29 is 14.4 Å².